The molecule has 0 spiro atoms. The van der Waals surface area contributed by atoms with Gasteiger partial charge in [-0.1, -0.05) is 19.1 Å². The van der Waals surface area contributed by atoms with Crippen LogP contribution in [0.2, 0.25) is 0 Å². The van der Waals surface area contributed by atoms with Crippen LogP contribution in [0.4, 0.5) is 5.69 Å². The van der Waals surface area contributed by atoms with E-state index >= 15 is 0 Å². The zero-order valence-corrected chi connectivity index (χ0v) is 12.6. The van der Waals surface area contributed by atoms with E-state index < -0.39 is 0 Å². The van der Waals surface area contributed by atoms with Gasteiger partial charge >= 0.3 is 0 Å². The first-order valence-electron chi connectivity index (χ1n) is 6.48. The summed E-state index contributed by atoms with van der Waals surface area (Å²) in [6.45, 7) is 6.33. The van der Waals surface area contributed by atoms with Crippen molar-refractivity contribution in [3.63, 3.8) is 0 Å². The molecule has 1 amide bonds. The molecule has 1 heterocycles. The standard InChI is InChI=1S/C15H20ClNO2/c1-10-8-15(2,3)17(13(18)9-16)14-11(10)6-5-7-12(14)19-4/h5-7,10H,8-9H2,1-4H3. The molecule has 0 N–H and O–H groups in total. The Kier molecular flexibility index (Phi) is 3.77. The minimum absolute atomic E-state index is 0.0186. The van der Waals surface area contributed by atoms with Gasteiger partial charge in [0.2, 0.25) is 5.91 Å². The first kappa shape index (κ1) is 14.2. The van der Waals surface area contributed by atoms with Crippen molar-refractivity contribution in [2.45, 2.75) is 38.6 Å². The monoisotopic (exact) mass is 281 g/mol. The van der Waals surface area contributed by atoms with E-state index in [1.165, 1.54) is 0 Å². The molecule has 0 saturated heterocycles. The lowest BCUT2D eigenvalue weighted by molar-refractivity contribution is -0.117. The predicted molar refractivity (Wildman–Crippen MR) is 78.3 cm³/mol. The maximum atomic E-state index is 12.3. The topological polar surface area (TPSA) is 29.5 Å². The number of carbonyl (C=O) groups is 1. The van der Waals surface area contributed by atoms with Crippen molar-refractivity contribution in [2.24, 2.45) is 0 Å². The summed E-state index contributed by atoms with van der Waals surface area (Å²) in [6, 6.07) is 5.92. The van der Waals surface area contributed by atoms with Crippen LogP contribution in [0.15, 0.2) is 18.2 Å². The largest absolute Gasteiger partial charge is 0.495 e. The Hall–Kier alpha value is -1.22. The molecular weight excluding hydrogens is 262 g/mol. The van der Waals surface area contributed by atoms with Gasteiger partial charge in [-0.2, -0.15) is 0 Å². The lowest BCUT2D eigenvalue weighted by atomic mass is 9.80. The first-order chi connectivity index (χ1) is 8.92. The van der Waals surface area contributed by atoms with E-state index in [-0.39, 0.29) is 17.3 Å². The van der Waals surface area contributed by atoms with Gasteiger partial charge in [-0.05, 0) is 37.8 Å². The van der Waals surface area contributed by atoms with Crippen LogP contribution in [0.1, 0.15) is 38.7 Å². The molecule has 1 aromatic rings. The number of halogens is 1. The SMILES string of the molecule is COc1cccc2c1N(C(=O)CCl)C(C)(C)CC2C. The van der Waals surface area contributed by atoms with Gasteiger partial charge in [0.25, 0.3) is 0 Å². The summed E-state index contributed by atoms with van der Waals surface area (Å²) in [5, 5.41) is 0. The Bertz CT molecular complexity index is 499. The third-order valence-electron chi connectivity index (χ3n) is 3.78. The van der Waals surface area contributed by atoms with Crippen LogP contribution < -0.4 is 9.64 Å². The fraction of sp³-hybridized carbons (Fsp3) is 0.533. The zero-order valence-electron chi connectivity index (χ0n) is 11.9. The van der Waals surface area contributed by atoms with Crippen molar-refractivity contribution in [2.75, 3.05) is 17.9 Å². The number of ether oxygens (including phenoxy) is 1. The molecule has 3 nitrogen and oxygen atoms in total. The van der Waals surface area contributed by atoms with E-state index in [4.69, 9.17) is 16.3 Å². The minimum atomic E-state index is -0.257. The summed E-state index contributed by atoms with van der Waals surface area (Å²) < 4.78 is 5.44. The number of anilines is 1. The quantitative estimate of drug-likeness (QED) is 0.776. The van der Waals surface area contributed by atoms with Crippen LogP contribution in [0, 0.1) is 0 Å². The van der Waals surface area contributed by atoms with Crippen LogP contribution in [-0.4, -0.2) is 24.4 Å². The number of hydrogen-bond donors (Lipinski definition) is 0. The Morgan fingerprint density at radius 1 is 1.53 bits per heavy atom. The minimum Gasteiger partial charge on any atom is -0.495 e. The number of rotatable bonds is 2. The average molecular weight is 282 g/mol. The third-order valence-corrected chi connectivity index (χ3v) is 4.01. The second kappa shape index (κ2) is 5.04. The van der Waals surface area contributed by atoms with E-state index in [0.717, 1.165) is 23.4 Å². The van der Waals surface area contributed by atoms with Gasteiger partial charge < -0.3 is 9.64 Å². The normalized spacial score (nSPS) is 20.9. The van der Waals surface area contributed by atoms with Crippen molar-refractivity contribution < 1.29 is 9.53 Å². The van der Waals surface area contributed by atoms with Crippen molar-refractivity contribution >= 4 is 23.2 Å². The number of carbonyl (C=O) groups excluding carboxylic acids is 1. The van der Waals surface area contributed by atoms with Crippen LogP contribution in [0.25, 0.3) is 0 Å². The molecule has 1 aliphatic rings. The summed E-state index contributed by atoms with van der Waals surface area (Å²) in [5.41, 5.74) is 1.77. The smallest absolute Gasteiger partial charge is 0.242 e. The van der Waals surface area contributed by atoms with Crippen molar-refractivity contribution in [1.82, 2.24) is 0 Å². The number of nitrogens with zero attached hydrogens (tertiary/aromatic N) is 1. The summed E-state index contributed by atoms with van der Waals surface area (Å²) in [7, 11) is 1.63. The molecule has 0 saturated carbocycles. The number of methoxy groups -OCH3 is 1. The second-order valence-electron chi connectivity index (χ2n) is 5.68. The Labute approximate surface area is 119 Å². The molecule has 1 unspecified atom stereocenters. The predicted octanol–water partition coefficient (Wildman–Crippen LogP) is 3.55. The summed E-state index contributed by atoms with van der Waals surface area (Å²) >= 11 is 5.78. The lowest BCUT2D eigenvalue weighted by Crippen LogP contribution is -2.52. The Morgan fingerprint density at radius 2 is 2.21 bits per heavy atom. The molecule has 0 fully saturated rings. The highest BCUT2D eigenvalue weighted by Gasteiger charge is 2.41. The van der Waals surface area contributed by atoms with E-state index in [1.54, 1.807) is 12.0 Å². The van der Waals surface area contributed by atoms with Crippen LogP contribution >= 0.6 is 11.6 Å². The van der Waals surface area contributed by atoms with E-state index in [2.05, 4.69) is 26.8 Å². The van der Waals surface area contributed by atoms with Crippen molar-refractivity contribution in [3.05, 3.63) is 23.8 Å². The van der Waals surface area contributed by atoms with Crippen LogP contribution in [0.3, 0.4) is 0 Å². The van der Waals surface area contributed by atoms with E-state index in [0.29, 0.717) is 5.92 Å². The van der Waals surface area contributed by atoms with Gasteiger partial charge in [-0.3, -0.25) is 4.79 Å². The molecule has 1 atom stereocenters. The van der Waals surface area contributed by atoms with Gasteiger partial charge in [0.1, 0.15) is 11.6 Å². The molecule has 1 aliphatic heterocycles. The van der Waals surface area contributed by atoms with Gasteiger partial charge in [0.05, 0.1) is 12.8 Å². The molecule has 0 radical (unpaired) electrons. The van der Waals surface area contributed by atoms with Crippen LogP contribution in [0.5, 0.6) is 5.75 Å². The molecule has 1 aromatic carbocycles. The summed E-state index contributed by atoms with van der Waals surface area (Å²) in [5.74, 6) is 1.02. The zero-order chi connectivity index (χ0) is 14.2. The maximum Gasteiger partial charge on any atom is 0.242 e. The fourth-order valence-electron chi connectivity index (χ4n) is 3.12. The molecule has 0 aromatic heterocycles. The van der Waals surface area contributed by atoms with Gasteiger partial charge in [-0.15, -0.1) is 11.6 Å². The Balaban J connectivity index is 2.66. The van der Waals surface area contributed by atoms with Gasteiger partial charge in [-0.25, -0.2) is 0 Å². The molecule has 0 aliphatic carbocycles. The number of hydrogen-bond acceptors (Lipinski definition) is 2. The van der Waals surface area contributed by atoms with Crippen LogP contribution in [-0.2, 0) is 4.79 Å². The third kappa shape index (κ3) is 2.32. The maximum absolute atomic E-state index is 12.3. The number of alkyl halides is 1. The number of benzene rings is 1. The average Bonchev–Trinajstić information content (AvgIpc) is 2.36. The molecular formula is C15H20ClNO2. The molecule has 4 heteroatoms. The van der Waals surface area contributed by atoms with Gasteiger partial charge in [0, 0.05) is 5.54 Å². The first-order valence-corrected chi connectivity index (χ1v) is 7.01. The highest BCUT2D eigenvalue weighted by Crippen LogP contribution is 2.47. The molecule has 19 heavy (non-hydrogen) atoms. The number of fused-ring (bicyclic) bond motifs is 1. The van der Waals surface area contributed by atoms with E-state index in [1.807, 2.05) is 12.1 Å². The summed E-state index contributed by atoms with van der Waals surface area (Å²) in [4.78, 5) is 14.1. The molecule has 2 rings (SSSR count). The number of amides is 1. The second-order valence-corrected chi connectivity index (χ2v) is 5.95. The highest BCUT2D eigenvalue weighted by atomic mass is 35.5. The fourth-order valence-corrected chi connectivity index (χ4v) is 3.24. The molecule has 104 valence electrons. The van der Waals surface area contributed by atoms with Crippen molar-refractivity contribution in [1.29, 1.82) is 0 Å². The summed E-state index contributed by atoms with van der Waals surface area (Å²) in [6.07, 6.45) is 0.912. The van der Waals surface area contributed by atoms with Crippen molar-refractivity contribution in [3.8, 4) is 5.75 Å². The van der Waals surface area contributed by atoms with Gasteiger partial charge in [0.15, 0.2) is 0 Å². The lowest BCUT2D eigenvalue weighted by Gasteiger charge is -2.46. The highest BCUT2D eigenvalue weighted by molar-refractivity contribution is 6.29. The van der Waals surface area contributed by atoms with E-state index in [9.17, 15) is 4.79 Å². The molecule has 0 bridgehead atoms. The number of para-hydroxylation sites is 1. The Morgan fingerprint density at radius 3 is 2.79 bits per heavy atom.